The maximum Gasteiger partial charge on any atom is 0.118 e. The Morgan fingerprint density at radius 3 is 2.29 bits per heavy atom. The van der Waals surface area contributed by atoms with Crippen molar-refractivity contribution in [2.24, 2.45) is 0 Å². The molecule has 2 N–H and O–H groups in total. The molecule has 0 fully saturated rings. The van der Waals surface area contributed by atoms with Crippen molar-refractivity contribution in [2.75, 3.05) is 7.11 Å². The van der Waals surface area contributed by atoms with Crippen LogP contribution >= 0.6 is 23.2 Å². The van der Waals surface area contributed by atoms with E-state index in [1.165, 1.54) is 11.1 Å². The molecule has 0 unspecified atom stereocenters. The van der Waals surface area contributed by atoms with Crippen molar-refractivity contribution in [3.63, 3.8) is 0 Å². The van der Waals surface area contributed by atoms with Crippen LogP contribution in [0.15, 0.2) is 42.5 Å². The van der Waals surface area contributed by atoms with E-state index in [0.29, 0.717) is 16.1 Å². The van der Waals surface area contributed by atoms with E-state index in [2.05, 4.69) is 24.4 Å². The van der Waals surface area contributed by atoms with Gasteiger partial charge in [0.05, 0.1) is 23.2 Å². The second-order valence-corrected chi connectivity index (χ2v) is 6.03. The Bertz CT molecular complexity index is 584. The number of rotatable bonds is 6. The van der Waals surface area contributed by atoms with E-state index in [1.54, 1.807) is 7.11 Å². The van der Waals surface area contributed by atoms with Crippen molar-refractivity contribution in [1.82, 2.24) is 0 Å². The SMILES string of the molecule is COc1ccc(C[C@H](C)[NH2+]Cc2ccc(Cl)c(Cl)c2)cc1. The molecular formula is C17H20Cl2NO+. The van der Waals surface area contributed by atoms with Crippen LogP contribution in [0.25, 0.3) is 0 Å². The summed E-state index contributed by atoms with van der Waals surface area (Å²) in [7, 11) is 1.68. The summed E-state index contributed by atoms with van der Waals surface area (Å²) >= 11 is 12.0. The number of ether oxygens (including phenoxy) is 1. The molecule has 0 radical (unpaired) electrons. The van der Waals surface area contributed by atoms with Gasteiger partial charge in [-0.3, -0.25) is 0 Å². The summed E-state index contributed by atoms with van der Waals surface area (Å²) in [6.07, 6.45) is 1.02. The fraction of sp³-hybridized carbons (Fsp3) is 0.294. The van der Waals surface area contributed by atoms with Gasteiger partial charge in [-0.2, -0.15) is 0 Å². The molecule has 0 bridgehead atoms. The van der Waals surface area contributed by atoms with Gasteiger partial charge in [0.1, 0.15) is 12.3 Å². The van der Waals surface area contributed by atoms with Crippen molar-refractivity contribution >= 4 is 23.2 Å². The van der Waals surface area contributed by atoms with Crippen LogP contribution in [0.3, 0.4) is 0 Å². The van der Waals surface area contributed by atoms with Crippen LogP contribution in [0.2, 0.25) is 10.0 Å². The number of benzene rings is 2. The molecule has 4 heteroatoms. The van der Waals surface area contributed by atoms with Crippen LogP contribution in [0, 0.1) is 0 Å². The Hall–Kier alpha value is -1.22. The Morgan fingerprint density at radius 2 is 1.67 bits per heavy atom. The molecule has 2 aromatic carbocycles. The number of methoxy groups -OCH3 is 1. The molecule has 0 aliphatic rings. The molecule has 0 aliphatic carbocycles. The lowest BCUT2D eigenvalue weighted by Gasteiger charge is -2.11. The minimum absolute atomic E-state index is 0.493. The molecular weight excluding hydrogens is 305 g/mol. The van der Waals surface area contributed by atoms with Gasteiger partial charge in [0.25, 0.3) is 0 Å². The minimum atomic E-state index is 0.493. The van der Waals surface area contributed by atoms with Gasteiger partial charge < -0.3 is 10.1 Å². The van der Waals surface area contributed by atoms with E-state index in [1.807, 2.05) is 30.3 Å². The van der Waals surface area contributed by atoms with E-state index >= 15 is 0 Å². The van der Waals surface area contributed by atoms with E-state index in [9.17, 15) is 0 Å². The molecule has 0 saturated carbocycles. The molecule has 0 heterocycles. The zero-order valence-electron chi connectivity index (χ0n) is 12.3. The smallest absolute Gasteiger partial charge is 0.118 e. The van der Waals surface area contributed by atoms with Crippen molar-refractivity contribution < 1.29 is 10.1 Å². The van der Waals surface area contributed by atoms with Crippen LogP contribution in [-0.2, 0) is 13.0 Å². The highest BCUT2D eigenvalue weighted by molar-refractivity contribution is 6.42. The lowest BCUT2D eigenvalue weighted by atomic mass is 10.1. The first-order valence-corrected chi connectivity index (χ1v) is 7.74. The van der Waals surface area contributed by atoms with Crippen LogP contribution < -0.4 is 10.1 Å². The molecule has 0 aromatic heterocycles. The van der Waals surface area contributed by atoms with Crippen LogP contribution in [0.4, 0.5) is 0 Å². The van der Waals surface area contributed by atoms with Gasteiger partial charge in [-0.15, -0.1) is 0 Å². The lowest BCUT2D eigenvalue weighted by Crippen LogP contribution is -2.88. The molecule has 0 saturated heterocycles. The highest BCUT2D eigenvalue weighted by Gasteiger charge is 2.08. The number of nitrogens with two attached hydrogens (primary N) is 1. The van der Waals surface area contributed by atoms with Crippen molar-refractivity contribution in [2.45, 2.75) is 25.9 Å². The first-order chi connectivity index (χ1) is 10.1. The lowest BCUT2D eigenvalue weighted by molar-refractivity contribution is -0.701. The Morgan fingerprint density at radius 1 is 1.00 bits per heavy atom. The second-order valence-electron chi connectivity index (χ2n) is 5.22. The largest absolute Gasteiger partial charge is 0.497 e. The molecule has 0 aliphatic heterocycles. The number of halogens is 2. The first kappa shape index (κ1) is 16.2. The molecule has 0 amide bonds. The quantitative estimate of drug-likeness (QED) is 0.861. The Balaban J connectivity index is 1.86. The summed E-state index contributed by atoms with van der Waals surface area (Å²) in [5.74, 6) is 0.895. The number of quaternary nitrogens is 1. The predicted molar refractivity (Wildman–Crippen MR) is 88.3 cm³/mol. The monoisotopic (exact) mass is 324 g/mol. The second kappa shape index (κ2) is 7.69. The fourth-order valence-corrected chi connectivity index (χ4v) is 2.54. The minimum Gasteiger partial charge on any atom is -0.497 e. The molecule has 112 valence electrons. The average Bonchev–Trinajstić information content (AvgIpc) is 2.49. The molecule has 21 heavy (non-hydrogen) atoms. The van der Waals surface area contributed by atoms with Crippen LogP contribution in [-0.4, -0.2) is 13.2 Å². The normalized spacial score (nSPS) is 12.2. The first-order valence-electron chi connectivity index (χ1n) is 6.98. The van der Waals surface area contributed by atoms with E-state index in [4.69, 9.17) is 27.9 Å². The highest BCUT2D eigenvalue weighted by Crippen LogP contribution is 2.22. The van der Waals surface area contributed by atoms with E-state index in [-0.39, 0.29) is 0 Å². The third kappa shape index (κ3) is 4.92. The van der Waals surface area contributed by atoms with Gasteiger partial charge in [0.15, 0.2) is 0 Å². The van der Waals surface area contributed by atoms with E-state index < -0.39 is 0 Å². The molecule has 2 aromatic rings. The van der Waals surface area contributed by atoms with Crippen molar-refractivity contribution in [3.05, 3.63) is 63.6 Å². The summed E-state index contributed by atoms with van der Waals surface area (Å²) in [5.41, 5.74) is 2.50. The zero-order valence-corrected chi connectivity index (χ0v) is 13.8. The molecule has 1 atom stereocenters. The van der Waals surface area contributed by atoms with Gasteiger partial charge in [-0.25, -0.2) is 0 Å². The molecule has 2 nitrogen and oxygen atoms in total. The van der Waals surface area contributed by atoms with Crippen LogP contribution in [0.5, 0.6) is 5.75 Å². The van der Waals surface area contributed by atoms with Gasteiger partial charge in [-0.1, -0.05) is 41.4 Å². The standard InChI is InChI=1S/C17H19Cl2NO/c1-12(9-13-3-6-15(21-2)7-4-13)20-11-14-5-8-16(18)17(19)10-14/h3-8,10,12,20H,9,11H2,1-2H3/p+1/t12-/m0/s1. The Labute approximate surface area is 136 Å². The van der Waals surface area contributed by atoms with E-state index in [0.717, 1.165) is 18.7 Å². The topological polar surface area (TPSA) is 25.8 Å². The summed E-state index contributed by atoms with van der Waals surface area (Å²) in [6, 6.07) is 14.5. The maximum atomic E-state index is 6.03. The maximum absolute atomic E-state index is 6.03. The number of hydrogen-bond acceptors (Lipinski definition) is 1. The van der Waals surface area contributed by atoms with Crippen molar-refractivity contribution in [3.8, 4) is 5.75 Å². The third-order valence-electron chi connectivity index (χ3n) is 3.46. The summed E-state index contributed by atoms with van der Waals surface area (Å²) < 4.78 is 5.17. The van der Waals surface area contributed by atoms with Crippen molar-refractivity contribution in [1.29, 1.82) is 0 Å². The zero-order chi connectivity index (χ0) is 15.2. The number of hydrogen-bond donors (Lipinski definition) is 1. The third-order valence-corrected chi connectivity index (χ3v) is 4.20. The average molecular weight is 325 g/mol. The van der Waals surface area contributed by atoms with Gasteiger partial charge in [0, 0.05) is 12.0 Å². The summed E-state index contributed by atoms with van der Waals surface area (Å²) in [4.78, 5) is 0. The summed E-state index contributed by atoms with van der Waals surface area (Å²) in [5, 5.41) is 3.53. The Kier molecular flexibility index (Phi) is 5.92. The van der Waals surface area contributed by atoms with Gasteiger partial charge in [0.2, 0.25) is 0 Å². The van der Waals surface area contributed by atoms with Gasteiger partial charge in [-0.05, 0) is 36.8 Å². The van der Waals surface area contributed by atoms with Gasteiger partial charge >= 0.3 is 0 Å². The molecule has 0 spiro atoms. The molecule has 2 rings (SSSR count). The summed E-state index contributed by atoms with van der Waals surface area (Å²) in [6.45, 7) is 3.12. The van der Waals surface area contributed by atoms with Crippen LogP contribution in [0.1, 0.15) is 18.1 Å². The fourth-order valence-electron chi connectivity index (χ4n) is 2.22. The highest BCUT2D eigenvalue weighted by atomic mass is 35.5. The predicted octanol–water partition coefficient (Wildman–Crippen LogP) is 3.70.